The number of benzene rings is 1. The van der Waals surface area contributed by atoms with Crippen molar-refractivity contribution in [2.24, 2.45) is 11.7 Å². The monoisotopic (exact) mass is 264 g/mol. The van der Waals surface area contributed by atoms with Crippen molar-refractivity contribution in [3.63, 3.8) is 0 Å². The molecule has 1 amide bonds. The van der Waals surface area contributed by atoms with E-state index >= 15 is 0 Å². The summed E-state index contributed by atoms with van der Waals surface area (Å²) in [6.07, 6.45) is 1.84. The Kier molecular flexibility index (Phi) is 5.08. The van der Waals surface area contributed by atoms with Gasteiger partial charge in [-0.1, -0.05) is 18.2 Å². The van der Waals surface area contributed by atoms with E-state index in [1.54, 1.807) is 0 Å². The molecule has 1 aromatic carbocycles. The predicted molar refractivity (Wildman–Crippen MR) is 75.5 cm³/mol. The van der Waals surface area contributed by atoms with Crippen molar-refractivity contribution in [3.8, 4) is 0 Å². The van der Waals surface area contributed by atoms with E-state index in [9.17, 15) is 4.79 Å². The van der Waals surface area contributed by atoms with Crippen LogP contribution in [0.25, 0.3) is 0 Å². The lowest BCUT2D eigenvalue weighted by Crippen LogP contribution is -2.39. The van der Waals surface area contributed by atoms with Crippen LogP contribution in [0.1, 0.15) is 12.8 Å². The lowest BCUT2D eigenvalue weighted by atomic mass is 9.96. The van der Waals surface area contributed by atoms with E-state index in [1.807, 2.05) is 17.8 Å². The van der Waals surface area contributed by atoms with Crippen LogP contribution in [0.4, 0.5) is 0 Å². The molecule has 1 aliphatic rings. The lowest BCUT2D eigenvalue weighted by molar-refractivity contribution is -0.123. The fraction of sp³-hybridized carbons (Fsp3) is 0.500. The van der Waals surface area contributed by atoms with Gasteiger partial charge in [0.1, 0.15) is 0 Å². The minimum Gasteiger partial charge on any atom is -0.369 e. The largest absolute Gasteiger partial charge is 0.369 e. The molecule has 4 heteroatoms. The third-order valence-electron chi connectivity index (χ3n) is 3.41. The Labute approximate surface area is 113 Å². The Morgan fingerprint density at radius 1 is 1.28 bits per heavy atom. The Balaban J connectivity index is 1.65. The van der Waals surface area contributed by atoms with E-state index in [1.165, 1.54) is 4.90 Å². The molecule has 1 heterocycles. The van der Waals surface area contributed by atoms with Gasteiger partial charge in [-0.05, 0) is 38.1 Å². The van der Waals surface area contributed by atoms with Crippen LogP contribution in [0.5, 0.6) is 0 Å². The van der Waals surface area contributed by atoms with Gasteiger partial charge in [-0.3, -0.25) is 4.79 Å². The van der Waals surface area contributed by atoms with Gasteiger partial charge in [0, 0.05) is 23.1 Å². The normalized spacial score (nSPS) is 17.8. The van der Waals surface area contributed by atoms with Gasteiger partial charge < -0.3 is 10.6 Å². The maximum Gasteiger partial charge on any atom is 0.220 e. The first-order valence-corrected chi connectivity index (χ1v) is 7.44. The number of amides is 1. The second kappa shape index (κ2) is 6.81. The van der Waals surface area contributed by atoms with Crippen LogP contribution in [0.3, 0.4) is 0 Å². The summed E-state index contributed by atoms with van der Waals surface area (Å²) >= 11 is 1.89. The number of hydrogen-bond donors (Lipinski definition) is 1. The van der Waals surface area contributed by atoms with Crippen molar-refractivity contribution in [3.05, 3.63) is 30.3 Å². The third-order valence-corrected chi connectivity index (χ3v) is 4.40. The first kappa shape index (κ1) is 13.4. The number of likely N-dealkylation sites (tertiary alicyclic amines) is 1. The summed E-state index contributed by atoms with van der Waals surface area (Å²) in [5, 5.41) is 0. The second-order valence-corrected chi connectivity index (χ2v) is 5.85. The third kappa shape index (κ3) is 4.03. The fourth-order valence-corrected chi connectivity index (χ4v) is 3.19. The zero-order valence-electron chi connectivity index (χ0n) is 10.5. The van der Waals surface area contributed by atoms with E-state index in [-0.39, 0.29) is 11.8 Å². The number of carbonyl (C=O) groups excluding carboxylic acids is 1. The summed E-state index contributed by atoms with van der Waals surface area (Å²) in [7, 11) is 0. The number of carbonyl (C=O) groups is 1. The molecule has 0 aliphatic carbocycles. The molecule has 18 heavy (non-hydrogen) atoms. The van der Waals surface area contributed by atoms with Crippen LogP contribution in [-0.2, 0) is 4.79 Å². The molecular formula is C14H20N2OS. The number of thioether (sulfide) groups is 1. The molecule has 0 saturated carbocycles. The molecule has 0 unspecified atom stereocenters. The molecule has 1 aliphatic heterocycles. The Hall–Kier alpha value is -1.00. The molecule has 0 spiro atoms. The molecule has 98 valence electrons. The van der Waals surface area contributed by atoms with Crippen LogP contribution in [0.2, 0.25) is 0 Å². The van der Waals surface area contributed by atoms with Crippen molar-refractivity contribution in [2.45, 2.75) is 17.7 Å². The topological polar surface area (TPSA) is 46.3 Å². The predicted octanol–water partition coefficient (Wildman–Crippen LogP) is 1.98. The summed E-state index contributed by atoms with van der Waals surface area (Å²) < 4.78 is 0. The van der Waals surface area contributed by atoms with Crippen LogP contribution >= 0.6 is 11.8 Å². The van der Waals surface area contributed by atoms with E-state index in [4.69, 9.17) is 5.73 Å². The van der Waals surface area contributed by atoms with Crippen LogP contribution in [-0.4, -0.2) is 36.2 Å². The van der Waals surface area contributed by atoms with Gasteiger partial charge in [0.2, 0.25) is 5.91 Å². The maximum absolute atomic E-state index is 11.1. The standard InChI is InChI=1S/C14H20N2OS/c15-14(17)12-6-8-16(9-7-12)10-11-18-13-4-2-1-3-5-13/h1-5,12H,6-11H2,(H2,15,17). The molecule has 0 atom stereocenters. The summed E-state index contributed by atoms with van der Waals surface area (Å²) in [6.45, 7) is 3.09. The van der Waals surface area contributed by atoms with Crippen molar-refractivity contribution < 1.29 is 4.79 Å². The molecule has 2 N–H and O–H groups in total. The van der Waals surface area contributed by atoms with Crippen molar-refractivity contribution in [1.82, 2.24) is 4.90 Å². The van der Waals surface area contributed by atoms with Crippen molar-refractivity contribution in [2.75, 3.05) is 25.4 Å². The minimum atomic E-state index is -0.131. The summed E-state index contributed by atoms with van der Waals surface area (Å²) in [4.78, 5) is 14.8. The Bertz CT molecular complexity index is 375. The maximum atomic E-state index is 11.1. The average Bonchev–Trinajstić information content (AvgIpc) is 2.40. The number of piperidine rings is 1. The molecule has 2 rings (SSSR count). The fourth-order valence-electron chi connectivity index (χ4n) is 2.25. The van der Waals surface area contributed by atoms with Gasteiger partial charge in [-0.2, -0.15) is 0 Å². The molecule has 1 aromatic rings. The zero-order chi connectivity index (χ0) is 12.8. The van der Waals surface area contributed by atoms with Gasteiger partial charge in [0.25, 0.3) is 0 Å². The van der Waals surface area contributed by atoms with E-state index in [0.29, 0.717) is 0 Å². The molecule has 0 radical (unpaired) electrons. The van der Waals surface area contributed by atoms with Crippen molar-refractivity contribution in [1.29, 1.82) is 0 Å². The molecule has 1 fully saturated rings. The highest BCUT2D eigenvalue weighted by Gasteiger charge is 2.22. The summed E-state index contributed by atoms with van der Waals surface area (Å²) in [6, 6.07) is 10.5. The summed E-state index contributed by atoms with van der Waals surface area (Å²) in [5.41, 5.74) is 5.33. The van der Waals surface area contributed by atoms with E-state index in [0.717, 1.165) is 38.2 Å². The van der Waals surface area contributed by atoms with Gasteiger partial charge in [0.05, 0.1) is 0 Å². The highest BCUT2D eigenvalue weighted by atomic mass is 32.2. The van der Waals surface area contributed by atoms with Crippen LogP contribution in [0, 0.1) is 5.92 Å². The molecule has 3 nitrogen and oxygen atoms in total. The molecular weight excluding hydrogens is 244 g/mol. The quantitative estimate of drug-likeness (QED) is 0.827. The van der Waals surface area contributed by atoms with Crippen molar-refractivity contribution >= 4 is 17.7 Å². The van der Waals surface area contributed by atoms with Gasteiger partial charge in [-0.15, -0.1) is 11.8 Å². The highest BCUT2D eigenvalue weighted by Crippen LogP contribution is 2.20. The van der Waals surface area contributed by atoms with Crippen LogP contribution < -0.4 is 5.73 Å². The SMILES string of the molecule is NC(=O)C1CCN(CCSc2ccccc2)CC1. The minimum absolute atomic E-state index is 0.100. The number of nitrogens with zero attached hydrogens (tertiary/aromatic N) is 1. The lowest BCUT2D eigenvalue weighted by Gasteiger charge is -2.30. The van der Waals surface area contributed by atoms with E-state index in [2.05, 4.69) is 29.2 Å². The number of hydrogen-bond acceptors (Lipinski definition) is 3. The molecule has 0 aromatic heterocycles. The number of rotatable bonds is 5. The first-order valence-electron chi connectivity index (χ1n) is 6.45. The molecule has 1 saturated heterocycles. The second-order valence-electron chi connectivity index (χ2n) is 4.68. The highest BCUT2D eigenvalue weighted by molar-refractivity contribution is 7.99. The number of primary amides is 1. The Morgan fingerprint density at radius 2 is 1.94 bits per heavy atom. The number of nitrogens with two attached hydrogens (primary N) is 1. The van der Waals surface area contributed by atoms with Gasteiger partial charge in [-0.25, -0.2) is 0 Å². The van der Waals surface area contributed by atoms with E-state index < -0.39 is 0 Å². The van der Waals surface area contributed by atoms with Crippen LogP contribution in [0.15, 0.2) is 35.2 Å². The van der Waals surface area contributed by atoms with Gasteiger partial charge >= 0.3 is 0 Å². The smallest absolute Gasteiger partial charge is 0.220 e. The molecule has 0 bridgehead atoms. The zero-order valence-corrected chi connectivity index (χ0v) is 11.4. The summed E-state index contributed by atoms with van der Waals surface area (Å²) in [5.74, 6) is 1.07. The first-order chi connectivity index (χ1) is 8.75. The Morgan fingerprint density at radius 3 is 2.56 bits per heavy atom. The average molecular weight is 264 g/mol. The van der Waals surface area contributed by atoms with Gasteiger partial charge in [0.15, 0.2) is 0 Å².